The summed E-state index contributed by atoms with van der Waals surface area (Å²) in [7, 11) is 2.86. The van der Waals surface area contributed by atoms with Crippen molar-refractivity contribution < 1.29 is 9.90 Å². The van der Waals surface area contributed by atoms with Crippen LogP contribution in [-0.4, -0.2) is 35.9 Å². The number of hydrogen-bond acceptors (Lipinski definition) is 6. The largest absolute Gasteiger partial charge is 0.507 e. The number of aromatic nitrogens is 4. The maximum atomic E-state index is 12.2. The van der Waals surface area contributed by atoms with Gasteiger partial charge in [-0.3, -0.25) is 18.7 Å². The Morgan fingerprint density at radius 3 is 2.79 bits per heavy atom. The molecule has 0 spiro atoms. The molecule has 0 fully saturated rings. The van der Waals surface area contributed by atoms with E-state index < -0.39 is 17.2 Å². The van der Waals surface area contributed by atoms with Crippen LogP contribution in [0.3, 0.4) is 0 Å². The van der Waals surface area contributed by atoms with Crippen molar-refractivity contribution in [2.24, 2.45) is 19.2 Å². The van der Waals surface area contributed by atoms with E-state index in [1.807, 2.05) is 0 Å². The summed E-state index contributed by atoms with van der Waals surface area (Å²) in [6.45, 7) is 3.44. The molecule has 2 heterocycles. The van der Waals surface area contributed by atoms with Gasteiger partial charge in [0.2, 0.25) is 0 Å². The van der Waals surface area contributed by atoms with Crippen LogP contribution >= 0.6 is 0 Å². The smallest absolute Gasteiger partial charge is 0.332 e. The number of phenols is 1. The van der Waals surface area contributed by atoms with Crippen LogP contribution in [0.15, 0.2) is 51.9 Å². The van der Waals surface area contributed by atoms with Crippen LogP contribution in [0, 0.1) is 0 Å². The number of amides is 1. The Kier molecular flexibility index (Phi) is 5.44. The molecule has 1 aromatic carbocycles. The van der Waals surface area contributed by atoms with Crippen LogP contribution in [0.5, 0.6) is 5.75 Å². The lowest BCUT2D eigenvalue weighted by Crippen LogP contribution is -2.37. The topological polar surface area (TPSA) is 124 Å². The molecule has 0 saturated carbocycles. The average molecular weight is 396 g/mol. The minimum atomic E-state index is -0.532. The van der Waals surface area contributed by atoms with E-state index in [1.165, 1.54) is 35.8 Å². The molecule has 0 saturated heterocycles. The molecule has 0 aliphatic heterocycles. The predicted octanol–water partition coefficient (Wildman–Crippen LogP) is 0.0181. The number of hydrazone groups is 1. The van der Waals surface area contributed by atoms with Crippen LogP contribution in [0.4, 0.5) is 0 Å². The highest BCUT2D eigenvalue weighted by Crippen LogP contribution is 2.21. The van der Waals surface area contributed by atoms with Crippen LogP contribution in [0.2, 0.25) is 0 Å². The zero-order valence-electron chi connectivity index (χ0n) is 16.0. The Labute approximate surface area is 165 Å². The Morgan fingerprint density at radius 1 is 1.31 bits per heavy atom. The van der Waals surface area contributed by atoms with Crippen molar-refractivity contribution in [2.45, 2.75) is 13.0 Å². The number of para-hydroxylation sites is 1. The van der Waals surface area contributed by atoms with Crippen molar-refractivity contribution >= 4 is 23.3 Å². The number of aromatic hydroxyl groups is 1. The van der Waals surface area contributed by atoms with Gasteiger partial charge in [-0.05, 0) is 18.1 Å². The summed E-state index contributed by atoms with van der Waals surface area (Å²) in [6.07, 6.45) is 4.83. The lowest BCUT2D eigenvalue weighted by Gasteiger charge is -2.08. The van der Waals surface area contributed by atoms with Crippen LogP contribution in [-0.2, 0) is 31.9 Å². The first-order valence-electron chi connectivity index (χ1n) is 8.69. The molecule has 29 heavy (non-hydrogen) atoms. The summed E-state index contributed by atoms with van der Waals surface area (Å²) in [5.41, 5.74) is 2.78. The zero-order chi connectivity index (χ0) is 21.1. The van der Waals surface area contributed by atoms with Gasteiger partial charge in [0.15, 0.2) is 5.52 Å². The number of rotatable bonds is 6. The SMILES string of the molecule is C=CCc1cccc(/C=N/NC(=O)Cn2cnc3c(=O)n(C)c(=O)n(C)c32)c1O. The zero-order valence-corrected chi connectivity index (χ0v) is 16.0. The molecule has 0 radical (unpaired) electrons. The van der Waals surface area contributed by atoms with E-state index >= 15 is 0 Å². The minimum absolute atomic E-state index is 0.0665. The molecular weight excluding hydrogens is 376 g/mol. The number of carbonyl (C=O) groups excluding carboxylic acids is 1. The van der Waals surface area contributed by atoms with Crippen molar-refractivity contribution in [3.8, 4) is 5.75 Å². The monoisotopic (exact) mass is 396 g/mol. The first kappa shape index (κ1) is 19.8. The fraction of sp³-hybridized carbons (Fsp3) is 0.211. The fourth-order valence-electron chi connectivity index (χ4n) is 2.95. The van der Waals surface area contributed by atoms with E-state index in [2.05, 4.69) is 22.1 Å². The Balaban J connectivity index is 1.78. The number of hydrogen-bond donors (Lipinski definition) is 2. The molecule has 10 heteroatoms. The summed E-state index contributed by atoms with van der Waals surface area (Å²) >= 11 is 0. The summed E-state index contributed by atoms with van der Waals surface area (Å²) < 4.78 is 3.60. The summed E-state index contributed by atoms with van der Waals surface area (Å²) in [5.74, 6) is -0.424. The standard InChI is InChI=1S/C19H20N6O4/c1-4-6-12-7-5-8-13(16(12)27)9-21-22-14(26)10-25-11-20-15-17(25)23(2)19(29)24(3)18(15)28/h4-5,7-9,11,27H,1,6,10H2,2-3H3,(H,22,26)/b21-9+. The number of nitrogens with one attached hydrogen (secondary N) is 1. The second kappa shape index (κ2) is 7.97. The number of nitrogens with zero attached hydrogens (tertiary/aromatic N) is 5. The van der Waals surface area contributed by atoms with Crippen molar-refractivity contribution in [2.75, 3.05) is 0 Å². The average Bonchev–Trinajstić information content (AvgIpc) is 3.11. The third-order valence-electron chi connectivity index (χ3n) is 4.43. The third kappa shape index (κ3) is 3.72. The number of phenolic OH excluding ortho intramolecular Hbond substituents is 1. The predicted molar refractivity (Wildman–Crippen MR) is 108 cm³/mol. The molecule has 0 bridgehead atoms. The number of allylic oxidation sites excluding steroid dienone is 1. The Hall–Kier alpha value is -3.95. The van der Waals surface area contributed by atoms with Gasteiger partial charge in [0, 0.05) is 19.7 Å². The quantitative estimate of drug-likeness (QED) is 0.345. The number of fused-ring (bicyclic) bond motifs is 1. The van der Waals surface area contributed by atoms with Gasteiger partial charge in [-0.1, -0.05) is 18.2 Å². The highest BCUT2D eigenvalue weighted by Gasteiger charge is 2.15. The minimum Gasteiger partial charge on any atom is -0.507 e. The van der Waals surface area contributed by atoms with Crippen molar-refractivity contribution in [3.63, 3.8) is 0 Å². The molecule has 150 valence electrons. The molecule has 0 aliphatic carbocycles. The summed E-state index contributed by atoms with van der Waals surface area (Å²) in [6, 6.07) is 5.19. The number of aryl methyl sites for hydroxylation is 1. The van der Waals surface area contributed by atoms with Gasteiger partial charge in [-0.25, -0.2) is 15.2 Å². The molecule has 1 amide bonds. The van der Waals surface area contributed by atoms with Crippen molar-refractivity contribution in [1.29, 1.82) is 0 Å². The highest BCUT2D eigenvalue weighted by atomic mass is 16.3. The van der Waals surface area contributed by atoms with Gasteiger partial charge in [0.25, 0.3) is 11.5 Å². The van der Waals surface area contributed by atoms with Gasteiger partial charge in [0.1, 0.15) is 17.9 Å². The normalized spacial score (nSPS) is 11.2. The van der Waals surface area contributed by atoms with Gasteiger partial charge >= 0.3 is 5.69 Å². The molecule has 0 aliphatic rings. The molecule has 2 N–H and O–H groups in total. The maximum Gasteiger partial charge on any atom is 0.332 e. The second-order valence-corrected chi connectivity index (χ2v) is 6.39. The molecular formula is C19H20N6O4. The summed E-state index contributed by atoms with van der Waals surface area (Å²) in [5, 5.41) is 14.0. The van der Waals surface area contributed by atoms with Crippen molar-refractivity contribution in [3.05, 3.63) is 69.1 Å². The second-order valence-electron chi connectivity index (χ2n) is 6.39. The maximum absolute atomic E-state index is 12.2. The van der Waals surface area contributed by atoms with E-state index in [0.717, 1.165) is 4.57 Å². The van der Waals surface area contributed by atoms with Gasteiger partial charge < -0.3 is 9.67 Å². The van der Waals surface area contributed by atoms with Gasteiger partial charge in [-0.2, -0.15) is 5.10 Å². The highest BCUT2D eigenvalue weighted by molar-refractivity contribution is 5.86. The van der Waals surface area contributed by atoms with Gasteiger partial charge in [0.05, 0.1) is 12.5 Å². The van der Waals surface area contributed by atoms with E-state index in [9.17, 15) is 19.5 Å². The van der Waals surface area contributed by atoms with E-state index in [-0.39, 0.29) is 23.5 Å². The van der Waals surface area contributed by atoms with Crippen LogP contribution < -0.4 is 16.7 Å². The molecule has 3 rings (SSSR count). The fourth-order valence-corrected chi connectivity index (χ4v) is 2.95. The van der Waals surface area contributed by atoms with Crippen molar-refractivity contribution in [1.82, 2.24) is 24.1 Å². The van der Waals surface area contributed by atoms with Gasteiger partial charge in [-0.15, -0.1) is 6.58 Å². The lowest BCUT2D eigenvalue weighted by atomic mass is 10.1. The van der Waals surface area contributed by atoms with E-state index in [1.54, 1.807) is 24.3 Å². The lowest BCUT2D eigenvalue weighted by molar-refractivity contribution is -0.121. The number of imidazole rings is 1. The molecule has 3 aromatic rings. The number of carbonyl (C=O) groups is 1. The van der Waals surface area contributed by atoms with Crippen LogP contribution in [0.25, 0.3) is 11.2 Å². The summed E-state index contributed by atoms with van der Waals surface area (Å²) in [4.78, 5) is 40.5. The van der Waals surface area contributed by atoms with E-state index in [4.69, 9.17) is 0 Å². The first-order chi connectivity index (χ1) is 13.8. The van der Waals surface area contributed by atoms with E-state index in [0.29, 0.717) is 17.5 Å². The molecule has 0 atom stereocenters. The number of benzene rings is 1. The first-order valence-corrected chi connectivity index (χ1v) is 8.69. The molecule has 2 aromatic heterocycles. The molecule has 10 nitrogen and oxygen atoms in total. The molecule has 0 unspecified atom stereocenters. The van der Waals surface area contributed by atoms with Crippen LogP contribution in [0.1, 0.15) is 11.1 Å². The Bertz CT molecular complexity index is 1250. The third-order valence-corrected chi connectivity index (χ3v) is 4.43. The Morgan fingerprint density at radius 2 is 2.07 bits per heavy atom.